The van der Waals surface area contributed by atoms with Gasteiger partial charge in [0.25, 0.3) is 0 Å². The molecule has 3 aliphatic rings. The standard InChI is InChI=1S/C55H39BN2OS/c1-54(2,3)30-18-20-31(21-19-30)58-45-27-40-34-14-8-11-17-48(34)60-49(40)28-39(45)35-22-23-37-50-44(25-24-36-33-13-7-10-16-47(33)59-53(36)50)57-46-26-38-32-12-6-9-15-41(32)55(4,5)42(38)29-43(46)56(58)51(35)52(37)57/h6-29H,1-5H3. The predicted octanol–water partition coefficient (Wildman–Crippen LogP) is 13.9. The molecule has 0 saturated carbocycles. The van der Waals surface area contributed by atoms with Gasteiger partial charge in [0.05, 0.1) is 16.4 Å². The van der Waals surface area contributed by atoms with Gasteiger partial charge >= 0.3 is 6.85 Å². The second-order valence-electron chi connectivity index (χ2n) is 18.9. The van der Waals surface area contributed by atoms with Crippen LogP contribution in [0, 0.1) is 0 Å². The van der Waals surface area contributed by atoms with Crippen molar-refractivity contribution in [1.82, 2.24) is 4.57 Å². The Labute approximate surface area is 352 Å². The number of hydrogen-bond acceptors (Lipinski definition) is 3. The molecule has 5 heteroatoms. The molecule has 60 heavy (non-hydrogen) atoms. The summed E-state index contributed by atoms with van der Waals surface area (Å²) in [5, 5.41) is 7.37. The Morgan fingerprint density at radius 2 is 1.35 bits per heavy atom. The fraction of sp³-hybridized carbons (Fsp3) is 0.127. The lowest BCUT2D eigenvalue weighted by atomic mass is 9.43. The Morgan fingerprint density at radius 3 is 2.20 bits per heavy atom. The van der Waals surface area contributed by atoms with Gasteiger partial charge in [-0.2, -0.15) is 0 Å². The van der Waals surface area contributed by atoms with Gasteiger partial charge in [0, 0.05) is 64.4 Å². The summed E-state index contributed by atoms with van der Waals surface area (Å²) in [6, 6.07) is 55.4. The van der Waals surface area contributed by atoms with Crippen molar-refractivity contribution in [2.24, 2.45) is 0 Å². The first-order valence-electron chi connectivity index (χ1n) is 21.2. The molecule has 0 unspecified atom stereocenters. The van der Waals surface area contributed by atoms with E-state index in [1.54, 1.807) is 0 Å². The van der Waals surface area contributed by atoms with Gasteiger partial charge in [-0.05, 0) is 104 Å². The van der Waals surface area contributed by atoms with Crippen molar-refractivity contribution in [3.8, 4) is 27.9 Å². The van der Waals surface area contributed by atoms with E-state index in [1.165, 1.54) is 109 Å². The van der Waals surface area contributed by atoms with Crippen LogP contribution < -0.4 is 15.7 Å². The fourth-order valence-corrected chi connectivity index (χ4v) is 12.6. The molecule has 0 bridgehead atoms. The summed E-state index contributed by atoms with van der Waals surface area (Å²) >= 11 is 1.90. The number of rotatable bonds is 1. The quantitative estimate of drug-likeness (QED) is 0.155. The third-order valence-electron chi connectivity index (χ3n) is 14.3. The van der Waals surface area contributed by atoms with Gasteiger partial charge in [-0.3, -0.25) is 0 Å². The molecule has 0 amide bonds. The van der Waals surface area contributed by atoms with E-state index in [2.05, 4.69) is 190 Å². The van der Waals surface area contributed by atoms with Crippen LogP contribution in [0.2, 0.25) is 0 Å². The zero-order valence-electron chi connectivity index (χ0n) is 34.1. The van der Waals surface area contributed by atoms with Crippen LogP contribution in [-0.2, 0) is 10.8 Å². The summed E-state index contributed by atoms with van der Waals surface area (Å²) in [7, 11) is 0. The van der Waals surface area contributed by atoms with Crippen LogP contribution in [0.25, 0.3) is 91.9 Å². The SMILES string of the molecule is CC(C)(C)c1ccc(N2B3c4cc5c(cc4-n4c6ccc7c8ccccc8oc7c6c6ccc(c3c64)-c3cc4sc6ccccc6c4cc32)-c2ccccc2C5(C)C)cc1. The molecule has 0 radical (unpaired) electrons. The second-order valence-corrected chi connectivity index (χ2v) is 19.9. The third-order valence-corrected chi connectivity index (χ3v) is 15.5. The molecule has 0 atom stereocenters. The summed E-state index contributed by atoms with van der Waals surface area (Å²) < 4.78 is 12.1. The third kappa shape index (κ3) is 4.02. The molecule has 3 aromatic heterocycles. The van der Waals surface area contributed by atoms with Crippen molar-refractivity contribution in [3.05, 3.63) is 162 Å². The highest BCUT2D eigenvalue weighted by atomic mass is 32.1. The number of hydrogen-bond donors (Lipinski definition) is 0. The van der Waals surface area contributed by atoms with E-state index >= 15 is 0 Å². The van der Waals surface area contributed by atoms with Gasteiger partial charge in [-0.25, -0.2) is 0 Å². The minimum atomic E-state index is -0.150. The normalized spacial score (nSPS) is 14.8. The largest absolute Gasteiger partial charge is 0.455 e. The van der Waals surface area contributed by atoms with Crippen molar-refractivity contribution < 1.29 is 4.42 Å². The Hall–Kier alpha value is -6.56. The predicted molar refractivity (Wildman–Crippen MR) is 256 cm³/mol. The number of nitrogens with zero attached hydrogens (tertiary/aromatic N) is 2. The van der Waals surface area contributed by atoms with Crippen molar-refractivity contribution in [2.75, 3.05) is 4.81 Å². The van der Waals surface area contributed by atoms with Gasteiger partial charge in [0.15, 0.2) is 0 Å². The lowest BCUT2D eigenvalue weighted by molar-refractivity contribution is 0.590. The first-order chi connectivity index (χ1) is 29.1. The number of furan rings is 1. The second kappa shape index (κ2) is 11.0. The first kappa shape index (κ1) is 33.3. The summed E-state index contributed by atoms with van der Waals surface area (Å²) in [5.74, 6) is 0. The molecule has 8 aromatic carbocycles. The average molecular weight is 787 g/mol. The van der Waals surface area contributed by atoms with Crippen LogP contribution in [-0.4, -0.2) is 11.4 Å². The van der Waals surface area contributed by atoms with E-state index in [1.807, 2.05) is 11.3 Å². The number of para-hydroxylation sites is 1. The van der Waals surface area contributed by atoms with Crippen LogP contribution in [0.3, 0.4) is 0 Å². The number of thiophene rings is 1. The maximum Gasteiger partial charge on any atom is 0.333 e. The van der Waals surface area contributed by atoms with E-state index in [4.69, 9.17) is 4.42 Å². The van der Waals surface area contributed by atoms with E-state index in [0.717, 1.165) is 21.9 Å². The van der Waals surface area contributed by atoms with Crippen LogP contribution in [0.1, 0.15) is 51.3 Å². The Bertz CT molecular complexity index is 3740. The highest BCUT2D eigenvalue weighted by molar-refractivity contribution is 7.25. The Balaban J connectivity index is 1.17. The van der Waals surface area contributed by atoms with Gasteiger partial charge in [0.2, 0.25) is 0 Å². The summed E-state index contributed by atoms with van der Waals surface area (Å²) in [6.07, 6.45) is 0. The van der Waals surface area contributed by atoms with Gasteiger partial charge < -0.3 is 13.8 Å². The molecule has 5 heterocycles. The number of aromatic nitrogens is 1. The summed E-state index contributed by atoms with van der Waals surface area (Å²) in [6.45, 7) is 11.6. The average Bonchev–Trinajstić information content (AvgIpc) is 3.98. The smallest absolute Gasteiger partial charge is 0.333 e. The van der Waals surface area contributed by atoms with E-state index in [0.29, 0.717) is 0 Å². The van der Waals surface area contributed by atoms with Gasteiger partial charge in [-0.1, -0.05) is 126 Å². The highest BCUT2D eigenvalue weighted by Gasteiger charge is 2.46. The van der Waals surface area contributed by atoms with Crippen molar-refractivity contribution in [1.29, 1.82) is 0 Å². The monoisotopic (exact) mass is 786 g/mol. The molecular formula is C55H39BN2OS. The minimum absolute atomic E-state index is 0.0420. The first-order valence-corrected chi connectivity index (χ1v) is 22.0. The molecule has 3 nitrogen and oxygen atoms in total. The maximum atomic E-state index is 6.87. The minimum Gasteiger partial charge on any atom is -0.455 e. The lowest BCUT2D eigenvalue weighted by Crippen LogP contribution is -2.60. The van der Waals surface area contributed by atoms with Crippen molar-refractivity contribution in [3.63, 3.8) is 0 Å². The van der Waals surface area contributed by atoms with Crippen LogP contribution >= 0.6 is 11.3 Å². The molecule has 14 rings (SSSR count). The molecule has 2 aliphatic heterocycles. The molecule has 11 aromatic rings. The van der Waals surface area contributed by atoms with E-state index in [9.17, 15) is 0 Å². The summed E-state index contributed by atoms with van der Waals surface area (Å²) in [4.78, 5) is 2.69. The zero-order chi connectivity index (χ0) is 40.0. The van der Waals surface area contributed by atoms with Gasteiger partial charge in [0.1, 0.15) is 11.2 Å². The van der Waals surface area contributed by atoms with Crippen LogP contribution in [0.5, 0.6) is 0 Å². The Kier molecular flexibility index (Phi) is 6.09. The topological polar surface area (TPSA) is 21.3 Å². The molecule has 0 spiro atoms. The lowest BCUT2D eigenvalue weighted by Gasteiger charge is -2.42. The number of benzene rings is 8. The maximum absolute atomic E-state index is 6.87. The zero-order valence-corrected chi connectivity index (χ0v) is 35.0. The van der Waals surface area contributed by atoms with Crippen LogP contribution in [0.15, 0.2) is 150 Å². The van der Waals surface area contributed by atoms with E-state index < -0.39 is 0 Å². The highest BCUT2D eigenvalue weighted by Crippen LogP contribution is 2.53. The fourth-order valence-electron chi connectivity index (χ4n) is 11.5. The van der Waals surface area contributed by atoms with Crippen molar-refractivity contribution >= 4 is 104 Å². The molecule has 0 saturated heterocycles. The molecule has 1 aliphatic carbocycles. The molecule has 0 fully saturated rings. The van der Waals surface area contributed by atoms with Gasteiger partial charge in [-0.15, -0.1) is 11.3 Å². The molecule has 0 N–H and O–H groups in total. The van der Waals surface area contributed by atoms with Crippen LogP contribution in [0.4, 0.5) is 11.4 Å². The number of anilines is 2. The molecular weight excluding hydrogens is 747 g/mol. The molecule has 284 valence electrons. The summed E-state index contributed by atoms with van der Waals surface area (Å²) in [5.41, 5.74) is 20.0. The number of fused-ring (bicyclic) bond motifs is 18. The Morgan fingerprint density at radius 1 is 0.583 bits per heavy atom. The van der Waals surface area contributed by atoms with E-state index in [-0.39, 0.29) is 17.7 Å². The van der Waals surface area contributed by atoms with Crippen molar-refractivity contribution in [2.45, 2.75) is 45.4 Å².